The molecule has 0 radical (unpaired) electrons. The Morgan fingerprint density at radius 1 is 1.23 bits per heavy atom. The quantitative estimate of drug-likeness (QED) is 0.864. The fourth-order valence-electron chi connectivity index (χ4n) is 4.20. The van der Waals surface area contributed by atoms with E-state index in [-0.39, 0.29) is 16.7 Å². The number of rotatable bonds is 4. The highest BCUT2D eigenvalue weighted by molar-refractivity contribution is 5.89. The van der Waals surface area contributed by atoms with Crippen LogP contribution in [0.3, 0.4) is 0 Å². The first-order chi connectivity index (χ1) is 12.1. The van der Waals surface area contributed by atoms with Gasteiger partial charge in [0.25, 0.3) is 0 Å². The minimum atomic E-state index is -1.02. The molecular weight excluding hydrogens is 330 g/mol. The van der Waals surface area contributed by atoms with E-state index in [1.807, 2.05) is 30.3 Å². The van der Waals surface area contributed by atoms with Crippen LogP contribution < -0.4 is 5.32 Å². The molecule has 142 valence electrons. The van der Waals surface area contributed by atoms with Crippen molar-refractivity contribution < 1.29 is 19.5 Å². The summed E-state index contributed by atoms with van der Waals surface area (Å²) in [5.74, 6) is -0.161. The van der Waals surface area contributed by atoms with Crippen molar-refractivity contribution in [3.05, 3.63) is 35.9 Å². The lowest BCUT2D eigenvalue weighted by molar-refractivity contribution is -0.141. The lowest BCUT2D eigenvalue weighted by Crippen LogP contribution is -2.41. The maximum absolute atomic E-state index is 11.6. The average Bonchev–Trinajstić information content (AvgIpc) is 2.88. The molecule has 0 aromatic heterocycles. The SMILES string of the molecule is CC(=O)NC(Cc1ccccc1)C(=O)O.CC12CCC(CC1=O)C2(C)C. The summed E-state index contributed by atoms with van der Waals surface area (Å²) in [5, 5.41) is 11.3. The molecule has 2 aliphatic carbocycles. The summed E-state index contributed by atoms with van der Waals surface area (Å²) >= 11 is 0. The topological polar surface area (TPSA) is 83.5 Å². The fourth-order valence-corrected chi connectivity index (χ4v) is 4.20. The van der Waals surface area contributed by atoms with Crippen molar-refractivity contribution in [1.29, 1.82) is 0 Å². The van der Waals surface area contributed by atoms with Gasteiger partial charge in [-0.2, -0.15) is 0 Å². The molecule has 2 aliphatic rings. The first-order valence-electron chi connectivity index (χ1n) is 9.15. The molecule has 3 atom stereocenters. The normalized spacial score (nSPS) is 26.6. The number of benzene rings is 1. The van der Waals surface area contributed by atoms with Crippen LogP contribution in [0.4, 0.5) is 0 Å². The highest BCUT2D eigenvalue weighted by atomic mass is 16.4. The molecule has 2 saturated carbocycles. The summed E-state index contributed by atoms with van der Waals surface area (Å²) < 4.78 is 0. The number of ketones is 1. The number of carbonyl (C=O) groups excluding carboxylic acids is 2. The largest absolute Gasteiger partial charge is 0.480 e. The maximum Gasteiger partial charge on any atom is 0.326 e. The van der Waals surface area contributed by atoms with Crippen LogP contribution in [0.2, 0.25) is 0 Å². The van der Waals surface area contributed by atoms with E-state index < -0.39 is 12.0 Å². The predicted octanol–water partition coefficient (Wildman–Crippen LogP) is 3.22. The number of carboxylic acids is 1. The Balaban J connectivity index is 0.000000195. The molecule has 1 amide bonds. The van der Waals surface area contributed by atoms with Gasteiger partial charge in [-0.3, -0.25) is 9.59 Å². The van der Waals surface area contributed by atoms with Gasteiger partial charge in [-0.05, 0) is 29.7 Å². The second-order valence-corrected chi connectivity index (χ2v) is 8.20. The van der Waals surface area contributed by atoms with Crippen LogP contribution >= 0.6 is 0 Å². The molecular formula is C21H29NO4. The number of hydrogen-bond acceptors (Lipinski definition) is 3. The van der Waals surface area contributed by atoms with E-state index in [1.165, 1.54) is 13.3 Å². The molecule has 0 heterocycles. The van der Waals surface area contributed by atoms with Gasteiger partial charge in [0.2, 0.25) is 5.91 Å². The van der Waals surface area contributed by atoms with Crippen LogP contribution in [-0.4, -0.2) is 28.8 Å². The summed E-state index contributed by atoms with van der Waals surface area (Å²) in [7, 11) is 0. The maximum atomic E-state index is 11.6. The van der Waals surface area contributed by atoms with E-state index in [2.05, 4.69) is 26.1 Å². The molecule has 5 nitrogen and oxygen atoms in total. The summed E-state index contributed by atoms with van der Waals surface area (Å²) in [6, 6.07) is 8.34. The van der Waals surface area contributed by atoms with E-state index in [0.29, 0.717) is 18.1 Å². The van der Waals surface area contributed by atoms with E-state index in [0.717, 1.165) is 18.4 Å². The molecule has 0 spiro atoms. The molecule has 5 heteroatoms. The van der Waals surface area contributed by atoms with Gasteiger partial charge in [0.15, 0.2) is 0 Å². The summed E-state index contributed by atoms with van der Waals surface area (Å²) in [5.41, 5.74) is 1.19. The van der Waals surface area contributed by atoms with Crippen molar-refractivity contribution in [3.8, 4) is 0 Å². The van der Waals surface area contributed by atoms with Crippen molar-refractivity contribution in [1.82, 2.24) is 5.32 Å². The van der Waals surface area contributed by atoms with Crippen molar-refractivity contribution in [2.24, 2.45) is 16.7 Å². The van der Waals surface area contributed by atoms with Crippen LogP contribution in [0.25, 0.3) is 0 Å². The van der Waals surface area contributed by atoms with Gasteiger partial charge in [-0.25, -0.2) is 4.79 Å². The van der Waals surface area contributed by atoms with Gasteiger partial charge in [0.05, 0.1) is 0 Å². The Hall–Kier alpha value is -2.17. The van der Waals surface area contributed by atoms with Gasteiger partial charge in [-0.15, -0.1) is 0 Å². The number of hydrogen-bond donors (Lipinski definition) is 2. The first-order valence-corrected chi connectivity index (χ1v) is 9.15. The van der Waals surface area contributed by atoms with Crippen molar-refractivity contribution in [2.75, 3.05) is 0 Å². The van der Waals surface area contributed by atoms with Gasteiger partial charge < -0.3 is 10.4 Å². The number of amides is 1. The van der Waals surface area contributed by atoms with Crippen LogP contribution in [0.1, 0.15) is 52.5 Å². The summed E-state index contributed by atoms with van der Waals surface area (Å²) in [4.78, 5) is 33.2. The van der Waals surface area contributed by atoms with Crippen LogP contribution in [0.5, 0.6) is 0 Å². The highest BCUT2D eigenvalue weighted by Crippen LogP contribution is 2.63. The predicted molar refractivity (Wildman–Crippen MR) is 99.6 cm³/mol. The van der Waals surface area contributed by atoms with E-state index in [1.54, 1.807) is 0 Å². The van der Waals surface area contributed by atoms with Gasteiger partial charge in [-0.1, -0.05) is 51.1 Å². The van der Waals surface area contributed by atoms with E-state index in [9.17, 15) is 14.4 Å². The Bertz CT molecular complexity index is 683. The lowest BCUT2D eigenvalue weighted by atomic mass is 9.70. The Labute approximate surface area is 155 Å². The second kappa shape index (κ2) is 7.60. The zero-order valence-corrected chi connectivity index (χ0v) is 16.0. The number of carbonyl (C=O) groups is 3. The van der Waals surface area contributed by atoms with E-state index >= 15 is 0 Å². The van der Waals surface area contributed by atoms with Gasteiger partial charge in [0.1, 0.15) is 11.8 Å². The monoisotopic (exact) mass is 359 g/mol. The van der Waals surface area contributed by atoms with Gasteiger partial charge >= 0.3 is 5.97 Å². The lowest BCUT2D eigenvalue weighted by Gasteiger charge is -2.32. The first kappa shape index (κ1) is 20.1. The van der Waals surface area contributed by atoms with Crippen molar-refractivity contribution >= 4 is 17.7 Å². The van der Waals surface area contributed by atoms with Gasteiger partial charge in [0, 0.05) is 25.2 Å². The van der Waals surface area contributed by atoms with Crippen LogP contribution in [0.15, 0.2) is 30.3 Å². The van der Waals surface area contributed by atoms with Crippen LogP contribution in [-0.2, 0) is 20.8 Å². The number of carboxylic acid groups (broad SMARTS) is 1. The molecule has 3 rings (SSSR count). The molecule has 0 aliphatic heterocycles. The van der Waals surface area contributed by atoms with Crippen LogP contribution in [0, 0.1) is 16.7 Å². The minimum Gasteiger partial charge on any atom is -0.480 e. The molecule has 1 aromatic carbocycles. The number of aliphatic carboxylic acids is 1. The Kier molecular flexibility index (Phi) is 5.89. The number of fused-ring (bicyclic) bond motifs is 2. The number of Topliss-reactive ketones (excluding diaryl/α,β-unsaturated/α-hetero) is 1. The zero-order valence-electron chi connectivity index (χ0n) is 16.0. The summed E-state index contributed by atoms with van der Waals surface area (Å²) in [6.07, 6.45) is 3.55. The zero-order chi connectivity index (χ0) is 19.5. The minimum absolute atomic E-state index is 0.0255. The summed E-state index contributed by atoms with van der Waals surface area (Å²) in [6.45, 7) is 7.98. The standard InChI is InChI=1S/C11H13NO3.C10H16O/c1-8(13)12-10(11(14)15)7-9-5-3-2-4-6-9;1-9(2)7-4-5-10(9,3)8(11)6-7/h2-6,10H,7H2,1H3,(H,12,13)(H,14,15);7H,4-6H2,1-3H3. The van der Waals surface area contributed by atoms with Crippen molar-refractivity contribution in [3.63, 3.8) is 0 Å². The molecule has 3 unspecified atom stereocenters. The average molecular weight is 359 g/mol. The Morgan fingerprint density at radius 3 is 2.19 bits per heavy atom. The molecule has 26 heavy (non-hydrogen) atoms. The van der Waals surface area contributed by atoms with E-state index in [4.69, 9.17) is 5.11 Å². The molecule has 2 fully saturated rings. The molecule has 0 saturated heterocycles. The highest BCUT2D eigenvalue weighted by Gasteiger charge is 2.61. The third-order valence-electron chi connectivity index (χ3n) is 6.44. The fraction of sp³-hybridized carbons (Fsp3) is 0.571. The smallest absolute Gasteiger partial charge is 0.326 e. The third kappa shape index (κ3) is 3.97. The Morgan fingerprint density at radius 2 is 1.85 bits per heavy atom. The molecule has 2 N–H and O–H groups in total. The van der Waals surface area contributed by atoms with Crippen molar-refractivity contribution in [2.45, 2.75) is 59.4 Å². The molecule has 1 aromatic rings. The number of nitrogens with one attached hydrogen (secondary N) is 1. The molecule has 2 bridgehead atoms. The third-order valence-corrected chi connectivity index (χ3v) is 6.44. The second-order valence-electron chi connectivity index (χ2n) is 8.20.